The molecular formula is C14H21NO7S3. The normalized spacial score (nSPS) is 20.6. The van der Waals surface area contributed by atoms with Crippen LogP contribution in [0, 0.1) is 0 Å². The van der Waals surface area contributed by atoms with Gasteiger partial charge in [-0.1, -0.05) is 6.07 Å². The van der Waals surface area contributed by atoms with E-state index in [1.54, 1.807) is 0 Å². The predicted molar refractivity (Wildman–Crippen MR) is 92.4 cm³/mol. The van der Waals surface area contributed by atoms with Crippen LogP contribution in [0.3, 0.4) is 0 Å². The lowest BCUT2D eigenvalue weighted by Crippen LogP contribution is -2.26. The molecule has 1 heterocycles. The zero-order valence-corrected chi connectivity index (χ0v) is 16.2. The van der Waals surface area contributed by atoms with E-state index < -0.39 is 40.7 Å². The van der Waals surface area contributed by atoms with Crippen LogP contribution in [0.5, 0.6) is 0 Å². The van der Waals surface area contributed by atoms with E-state index in [1.807, 2.05) is 0 Å². The molecule has 1 aliphatic heterocycles. The highest BCUT2D eigenvalue weighted by Gasteiger charge is 2.38. The number of hydrogen-bond acceptors (Lipinski definition) is 7. The molecule has 0 radical (unpaired) electrons. The number of sulfone groups is 2. The lowest BCUT2D eigenvalue weighted by atomic mass is 10.4. The molecule has 0 bridgehead atoms. The Hall–Kier alpha value is -1.01. The highest BCUT2D eigenvalue weighted by molar-refractivity contribution is 7.96. The van der Waals surface area contributed by atoms with Gasteiger partial charge in [0.1, 0.15) is 0 Å². The molecule has 0 aliphatic carbocycles. The third kappa shape index (κ3) is 5.00. The summed E-state index contributed by atoms with van der Waals surface area (Å²) in [5.41, 5.74) is 0. The molecule has 1 fully saturated rings. The van der Waals surface area contributed by atoms with Gasteiger partial charge in [0.05, 0.1) is 26.5 Å². The van der Waals surface area contributed by atoms with E-state index in [0.717, 1.165) is 6.07 Å². The number of benzene rings is 1. The van der Waals surface area contributed by atoms with E-state index in [9.17, 15) is 25.3 Å². The van der Waals surface area contributed by atoms with Gasteiger partial charge in [0.25, 0.3) is 0 Å². The number of sulfonamides is 1. The molecular weight excluding hydrogens is 390 g/mol. The van der Waals surface area contributed by atoms with E-state index in [1.165, 1.54) is 25.3 Å². The molecule has 142 valence electrons. The molecule has 0 unspecified atom stereocenters. The van der Waals surface area contributed by atoms with Crippen molar-refractivity contribution in [3.05, 3.63) is 24.3 Å². The maximum absolute atomic E-state index is 12.6. The summed E-state index contributed by atoms with van der Waals surface area (Å²) in [5.74, 6) is -0.600. The molecule has 0 saturated carbocycles. The van der Waals surface area contributed by atoms with Crippen LogP contribution in [0.1, 0.15) is 12.8 Å². The fraction of sp³-hybridized carbons (Fsp3) is 0.571. The van der Waals surface area contributed by atoms with Gasteiger partial charge in [0, 0.05) is 20.3 Å². The van der Waals surface area contributed by atoms with Gasteiger partial charge in [-0.3, -0.25) is 0 Å². The molecule has 1 N–H and O–H groups in total. The van der Waals surface area contributed by atoms with Crippen molar-refractivity contribution in [2.45, 2.75) is 27.9 Å². The van der Waals surface area contributed by atoms with Crippen LogP contribution in [-0.2, 0) is 34.4 Å². The highest BCUT2D eigenvalue weighted by Crippen LogP contribution is 2.26. The largest absolute Gasteiger partial charge is 0.385 e. The van der Waals surface area contributed by atoms with Gasteiger partial charge in [0.15, 0.2) is 19.7 Å². The van der Waals surface area contributed by atoms with E-state index >= 15 is 0 Å². The molecule has 2 rings (SSSR count). The molecule has 11 heteroatoms. The van der Waals surface area contributed by atoms with Gasteiger partial charge in [-0.2, -0.15) is 0 Å². The Morgan fingerprint density at radius 2 is 1.88 bits per heavy atom. The summed E-state index contributed by atoms with van der Waals surface area (Å²) in [4.78, 5) is -0.360. The van der Waals surface area contributed by atoms with Gasteiger partial charge >= 0.3 is 0 Å². The first-order chi connectivity index (χ1) is 11.6. The third-order valence-corrected chi connectivity index (χ3v) is 9.52. The van der Waals surface area contributed by atoms with Crippen LogP contribution >= 0.6 is 0 Å². The minimum atomic E-state index is -3.91. The van der Waals surface area contributed by atoms with Crippen molar-refractivity contribution in [2.75, 3.05) is 31.8 Å². The van der Waals surface area contributed by atoms with Crippen molar-refractivity contribution < 1.29 is 30.0 Å². The molecule has 1 aliphatic rings. The fourth-order valence-corrected chi connectivity index (χ4v) is 8.12. The molecule has 1 saturated heterocycles. The van der Waals surface area contributed by atoms with Crippen LogP contribution in [-0.4, -0.2) is 62.3 Å². The average molecular weight is 412 g/mol. The van der Waals surface area contributed by atoms with Gasteiger partial charge in [0.2, 0.25) is 10.0 Å². The smallest absolute Gasteiger partial charge is 0.240 e. The Bertz CT molecular complexity index is 921. The number of methoxy groups -OCH3 is 1. The molecule has 1 atom stereocenters. The molecule has 8 nitrogen and oxygen atoms in total. The van der Waals surface area contributed by atoms with E-state index in [2.05, 4.69) is 4.72 Å². The van der Waals surface area contributed by atoms with Crippen LogP contribution in [0.25, 0.3) is 0 Å². The summed E-state index contributed by atoms with van der Waals surface area (Å²) in [5, 5.41) is -1.04. The fourth-order valence-electron chi connectivity index (χ4n) is 2.52. The topological polar surface area (TPSA) is 124 Å². The maximum atomic E-state index is 12.6. The maximum Gasteiger partial charge on any atom is 0.240 e. The second kappa shape index (κ2) is 7.70. The van der Waals surface area contributed by atoms with Crippen molar-refractivity contribution in [3.8, 4) is 0 Å². The lowest BCUT2D eigenvalue weighted by Gasteiger charge is -2.12. The third-order valence-electron chi connectivity index (χ3n) is 3.89. The summed E-state index contributed by atoms with van der Waals surface area (Å²) < 4.78 is 80.0. The Morgan fingerprint density at radius 1 is 1.20 bits per heavy atom. The van der Waals surface area contributed by atoms with Gasteiger partial charge in [-0.15, -0.1) is 0 Å². The minimum Gasteiger partial charge on any atom is -0.385 e. The van der Waals surface area contributed by atoms with Crippen LogP contribution in [0.2, 0.25) is 0 Å². The Labute approximate surface area is 148 Å². The van der Waals surface area contributed by atoms with Crippen molar-refractivity contribution >= 4 is 29.7 Å². The summed E-state index contributed by atoms with van der Waals surface area (Å²) >= 11 is 0. The Balaban J connectivity index is 2.23. The Kier molecular flexibility index (Phi) is 6.26. The molecule has 1 aromatic carbocycles. The van der Waals surface area contributed by atoms with E-state index in [4.69, 9.17) is 4.74 Å². The van der Waals surface area contributed by atoms with Gasteiger partial charge in [-0.25, -0.2) is 30.0 Å². The number of ether oxygens (including phenoxy) is 1. The number of nitrogens with one attached hydrogen (secondary N) is 1. The quantitative estimate of drug-likeness (QED) is 0.595. The van der Waals surface area contributed by atoms with Crippen molar-refractivity contribution in [1.82, 2.24) is 4.72 Å². The zero-order valence-electron chi connectivity index (χ0n) is 13.7. The van der Waals surface area contributed by atoms with Gasteiger partial charge < -0.3 is 4.74 Å². The standard InChI is InChI=1S/C14H21NO7S3/c1-22-8-3-7-15-25(20,21)13-5-2-4-12(10-13)24(18,19)14-6-9-23(16,17)11-14/h2,4-5,10,14-15H,3,6-9,11H2,1H3/t14-/m0/s1. The summed E-state index contributed by atoms with van der Waals surface area (Å²) in [6.45, 7) is 0.557. The molecule has 0 spiro atoms. The summed E-state index contributed by atoms with van der Waals surface area (Å²) in [6.07, 6.45) is 0.505. The summed E-state index contributed by atoms with van der Waals surface area (Å²) in [6, 6.07) is 4.98. The highest BCUT2D eigenvalue weighted by atomic mass is 32.2. The van der Waals surface area contributed by atoms with Crippen molar-refractivity contribution in [3.63, 3.8) is 0 Å². The van der Waals surface area contributed by atoms with Gasteiger partial charge in [-0.05, 0) is 31.0 Å². The first-order valence-electron chi connectivity index (χ1n) is 7.61. The molecule has 25 heavy (non-hydrogen) atoms. The predicted octanol–water partition coefficient (Wildman–Crippen LogP) is -0.0378. The molecule has 0 aromatic heterocycles. The average Bonchev–Trinajstić information content (AvgIpc) is 2.92. The van der Waals surface area contributed by atoms with Crippen LogP contribution < -0.4 is 4.72 Å². The SMILES string of the molecule is COCCCNS(=O)(=O)c1cccc(S(=O)(=O)[C@H]2CCS(=O)(=O)C2)c1. The van der Waals surface area contributed by atoms with E-state index in [-0.39, 0.29) is 28.5 Å². The van der Waals surface area contributed by atoms with Crippen LogP contribution in [0.15, 0.2) is 34.1 Å². The number of rotatable bonds is 8. The van der Waals surface area contributed by atoms with Crippen LogP contribution in [0.4, 0.5) is 0 Å². The second-order valence-corrected chi connectivity index (χ2v) is 12.0. The van der Waals surface area contributed by atoms with Crippen molar-refractivity contribution in [2.24, 2.45) is 0 Å². The first kappa shape index (κ1) is 20.3. The molecule has 0 amide bonds. The molecule has 1 aromatic rings. The number of hydrogen-bond donors (Lipinski definition) is 1. The summed E-state index contributed by atoms with van der Waals surface area (Å²) in [7, 11) is -9.63. The zero-order chi connectivity index (χ0) is 18.7. The minimum absolute atomic E-state index is 0.0247. The lowest BCUT2D eigenvalue weighted by molar-refractivity contribution is 0.196. The second-order valence-electron chi connectivity index (χ2n) is 5.79. The monoisotopic (exact) mass is 411 g/mol. The first-order valence-corrected chi connectivity index (χ1v) is 12.5. The van der Waals surface area contributed by atoms with Crippen molar-refractivity contribution in [1.29, 1.82) is 0 Å². The van der Waals surface area contributed by atoms with E-state index in [0.29, 0.717) is 13.0 Å². The Morgan fingerprint density at radius 3 is 2.48 bits per heavy atom.